The van der Waals surface area contributed by atoms with E-state index < -0.39 is 0 Å². The zero-order valence-electron chi connectivity index (χ0n) is 10.8. The second kappa shape index (κ2) is 6.63. The van der Waals surface area contributed by atoms with Crippen LogP contribution in [0.15, 0.2) is 4.42 Å². The molecule has 1 unspecified atom stereocenters. The second-order valence-corrected chi connectivity index (χ2v) is 4.55. The first kappa shape index (κ1) is 13.2. The summed E-state index contributed by atoms with van der Waals surface area (Å²) in [5, 5.41) is 11.6. The average Bonchev–Trinajstić information content (AvgIpc) is 2.67. The van der Waals surface area contributed by atoms with Crippen molar-refractivity contribution in [3.05, 3.63) is 11.8 Å². The number of nitrogens with one attached hydrogen (secondary N) is 1. The van der Waals surface area contributed by atoms with Gasteiger partial charge in [0.25, 0.3) is 0 Å². The van der Waals surface area contributed by atoms with E-state index in [0.29, 0.717) is 5.92 Å². The van der Waals surface area contributed by atoms with Gasteiger partial charge in [-0.2, -0.15) is 0 Å². The molecule has 0 radical (unpaired) electrons. The van der Waals surface area contributed by atoms with Crippen molar-refractivity contribution in [3.63, 3.8) is 0 Å². The van der Waals surface area contributed by atoms with Crippen molar-refractivity contribution in [2.24, 2.45) is 5.92 Å². The minimum atomic E-state index is 0.202. The highest BCUT2D eigenvalue weighted by atomic mass is 16.4. The molecule has 0 bridgehead atoms. The van der Waals surface area contributed by atoms with Crippen LogP contribution < -0.4 is 5.32 Å². The summed E-state index contributed by atoms with van der Waals surface area (Å²) in [5.41, 5.74) is 0. The fraction of sp³-hybridized carbons (Fsp3) is 0.833. The van der Waals surface area contributed by atoms with Gasteiger partial charge in [-0.1, -0.05) is 27.7 Å². The lowest BCUT2D eigenvalue weighted by Gasteiger charge is -2.11. The first-order valence-corrected chi connectivity index (χ1v) is 6.23. The van der Waals surface area contributed by atoms with Crippen LogP contribution in [-0.2, 0) is 6.42 Å². The van der Waals surface area contributed by atoms with Crippen LogP contribution in [0.25, 0.3) is 0 Å². The molecular weight excluding hydrogens is 202 g/mol. The molecule has 1 atom stereocenters. The van der Waals surface area contributed by atoms with Gasteiger partial charge in [0, 0.05) is 6.42 Å². The largest absolute Gasteiger partial charge is 0.424 e. The minimum absolute atomic E-state index is 0.202. The zero-order valence-corrected chi connectivity index (χ0v) is 10.8. The molecule has 0 aromatic carbocycles. The number of hydrogen-bond donors (Lipinski definition) is 1. The van der Waals surface area contributed by atoms with Crippen LogP contribution in [0.2, 0.25) is 0 Å². The SMILES string of the molecule is CCCNC(CC)c1nnc(CC(C)C)o1. The van der Waals surface area contributed by atoms with E-state index in [4.69, 9.17) is 4.42 Å². The van der Waals surface area contributed by atoms with Gasteiger partial charge in [-0.05, 0) is 25.3 Å². The van der Waals surface area contributed by atoms with Crippen LogP contribution in [0, 0.1) is 5.92 Å². The highest BCUT2D eigenvalue weighted by Gasteiger charge is 2.16. The summed E-state index contributed by atoms with van der Waals surface area (Å²) in [6.07, 6.45) is 2.95. The van der Waals surface area contributed by atoms with Gasteiger partial charge >= 0.3 is 0 Å². The van der Waals surface area contributed by atoms with Crippen molar-refractivity contribution < 1.29 is 4.42 Å². The lowest BCUT2D eigenvalue weighted by atomic mass is 10.1. The fourth-order valence-electron chi connectivity index (χ4n) is 1.56. The molecule has 16 heavy (non-hydrogen) atoms. The van der Waals surface area contributed by atoms with Gasteiger partial charge in [0.05, 0.1) is 6.04 Å². The molecular formula is C12H23N3O. The Kier molecular flexibility index (Phi) is 5.46. The molecule has 1 aromatic heterocycles. The molecule has 1 N–H and O–H groups in total. The molecule has 0 saturated heterocycles. The Labute approximate surface area is 97.8 Å². The summed E-state index contributed by atoms with van der Waals surface area (Å²) >= 11 is 0. The molecule has 0 spiro atoms. The standard InChI is InChI=1S/C12H23N3O/c1-5-7-13-10(6-2)12-15-14-11(16-12)8-9(3)4/h9-10,13H,5-8H2,1-4H3. The smallest absolute Gasteiger partial charge is 0.233 e. The van der Waals surface area contributed by atoms with E-state index in [0.717, 1.165) is 37.6 Å². The molecule has 1 rings (SSSR count). The van der Waals surface area contributed by atoms with Crippen molar-refractivity contribution in [2.45, 2.75) is 53.0 Å². The third-order valence-corrected chi connectivity index (χ3v) is 2.41. The molecule has 0 aliphatic rings. The van der Waals surface area contributed by atoms with Gasteiger partial charge in [0.2, 0.25) is 11.8 Å². The Balaban J connectivity index is 2.59. The second-order valence-electron chi connectivity index (χ2n) is 4.55. The Morgan fingerprint density at radius 3 is 2.56 bits per heavy atom. The minimum Gasteiger partial charge on any atom is -0.424 e. The van der Waals surface area contributed by atoms with Gasteiger partial charge in [-0.25, -0.2) is 0 Å². The Morgan fingerprint density at radius 2 is 2.00 bits per heavy atom. The lowest BCUT2D eigenvalue weighted by molar-refractivity contribution is 0.364. The van der Waals surface area contributed by atoms with Crippen molar-refractivity contribution >= 4 is 0 Å². The summed E-state index contributed by atoms with van der Waals surface area (Å²) in [4.78, 5) is 0. The van der Waals surface area contributed by atoms with Crippen molar-refractivity contribution in [3.8, 4) is 0 Å². The first-order valence-electron chi connectivity index (χ1n) is 6.23. The molecule has 4 heteroatoms. The predicted octanol–water partition coefficient (Wildman–Crippen LogP) is 2.72. The van der Waals surface area contributed by atoms with Gasteiger partial charge in [-0.15, -0.1) is 10.2 Å². The first-order chi connectivity index (χ1) is 7.67. The Bertz CT molecular complexity index is 296. The topological polar surface area (TPSA) is 51.0 Å². The van der Waals surface area contributed by atoms with E-state index in [1.807, 2.05) is 0 Å². The predicted molar refractivity (Wildman–Crippen MR) is 64.2 cm³/mol. The van der Waals surface area contributed by atoms with E-state index in [9.17, 15) is 0 Å². The number of aromatic nitrogens is 2. The van der Waals surface area contributed by atoms with E-state index >= 15 is 0 Å². The van der Waals surface area contributed by atoms with Crippen LogP contribution in [-0.4, -0.2) is 16.7 Å². The number of hydrogen-bond acceptors (Lipinski definition) is 4. The van der Waals surface area contributed by atoms with E-state index in [1.54, 1.807) is 0 Å². The highest BCUT2D eigenvalue weighted by Crippen LogP contribution is 2.16. The molecule has 1 aromatic rings. The summed E-state index contributed by atoms with van der Waals surface area (Å²) in [5.74, 6) is 2.03. The lowest BCUT2D eigenvalue weighted by Crippen LogP contribution is -2.21. The quantitative estimate of drug-likeness (QED) is 0.775. The van der Waals surface area contributed by atoms with E-state index in [1.165, 1.54) is 0 Å². The molecule has 1 heterocycles. The summed E-state index contributed by atoms with van der Waals surface area (Å²) in [6.45, 7) is 9.56. The number of rotatable bonds is 7. The summed E-state index contributed by atoms with van der Waals surface area (Å²) < 4.78 is 5.66. The van der Waals surface area contributed by atoms with Crippen LogP contribution in [0.3, 0.4) is 0 Å². The summed E-state index contributed by atoms with van der Waals surface area (Å²) in [7, 11) is 0. The Hall–Kier alpha value is -0.900. The van der Waals surface area contributed by atoms with Gasteiger partial charge in [-0.3, -0.25) is 0 Å². The molecule has 0 aliphatic heterocycles. The third kappa shape index (κ3) is 3.93. The van der Waals surface area contributed by atoms with Crippen molar-refractivity contribution in [1.82, 2.24) is 15.5 Å². The molecule has 0 aliphatic carbocycles. The molecule has 92 valence electrons. The maximum Gasteiger partial charge on any atom is 0.233 e. The zero-order chi connectivity index (χ0) is 12.0. The van der Waals surface area contributed by atoms with E-state index in [-0.39, 0.29) is 6.04 Å². The molecule has 4 nitrogen and oxygen atoms in total. The van der Waals surface area contributed by atoms with Crippen LogP contribution in [0.5, 0.6) is 0 Å². The number of nitrogens with zero attached hydrogens (tertiary/aromatic N) is 2. The fourth-order valence-corrected chi connectivity index (χ4v) is 1.56. The van der Waals surface area contributed by atoms with E-state index in [2.05, 4.69) is 43.2 Å². The van der Waals surface area contributed by atoms with Crippen molar-refractivity contribution in [2.75, 3.05) is 6.54 Å². The maximum absolute atomic E-state index is 5.66. The van der Waals surface area contributed by atoms with Crippen LogP contribution >= 0.6 is 0 Å². The summed E-state index contributed by atoms with van der Waals surface area (Å²) in [6, 6.07) is 0.202. The molecule has 0 saturated carbocycles. The van der Waals surface area contributed by atoms with Gasteiger partial charge < -0.3 is 9.73 Å². The van der Waals surface area contributed by atoms with Crippen LogP contribution in [0.1, 0.15) is 58.4 Å². The van der Waals surface area contributed by atoms with Crippen molar-refractivity contribution in [1.29, 1.82) is 0 Å². The average molecular weight is 225 g/mol. The Morgan fingerprint density at radius 1 is 1.25 bits per heavy atom. The monoisotopic (exact) mass is 225 g/mol. The van der Waals surface area contributed by atoms with Gasteiger partial charge in [0.1, 0.15) is 0 Å². The molecule has 0 fully saturated rings. The molecule has 0 amide bonds. The van der Waals surface area contributed by atoms with Crippen LogP contribution in [0.4, 0.5) is 0 Å². The maximum atomic E-state index is 5.66. The van der Waals surface area contributed by atoms with Gasteiger partial charge in [0.15, 0.2) is 0 Å². The highest BCUT2D eigenvalue weighted by molar-refractivity contribution is 4.90. The third-order valence-electron chi connectivity index (χ3n) is 2.41. The normalized spacial score (nSPS) is 13.3.